The summed E-state index contributed by atoms with van der Waals surface area (Å²) in [5.41, 5.74) is -0.918. The predicted octanol–water partition coefficient (Wildman–Crippen LogP) is 5.82. The number of benzene rings is 1. The Morgan fingerprint density at radius 2 is 1.74 bits per heavy atom. The molecule has 1 aliphatic rings. The van der Waals surface area contributed by atoms with Crippen LogP contribution in [0.3, 0.4) is 0 Å². The molecule has 9 nitrogen and oxygen atoms in total. The lowest BCUT2D eigenvalue weighted by atomic mass is 10.1. The van der Waals surface area contributed by atoms with E-state index < -0.39 is 29.1 Å². The number of ether oxygens (including phenoxy) is 1. The number of carbonyl (C=O) groups is 2. The molecule has 0 aliphatic carbocycles. The second-order valence-corrected chi connectivity index (χ2v) is 9.83. The van der Waals surface area contributed by atoms with Crippen molar-refractivity contribution in [1.29, 1.82) is 0 Å². The van der Waals surface area contributed by atoms with Crippen LogP contribution >= 0.6 is 0 Å². The van der Waals surface area contributed by atoms with Crippen molar-refractivity contribution in [2.24, 2.45) is 0 Å². The maximum atomic E-state index is 13.5. The number of hydrogen-bond acceptors (Lipinski definition) is 7. The number of nitrogens with one attached hydrogen (secondary N) is 2. The quantitative estimate of drug-likeness (QED) is 0.427. The number of amides is 2. The van der Waals surface area contributed by atoms with E-state index >= 15 is 0 Å². The van der Waals surface area contributed by atoms with Crippen LogP contribution in [0.25, 0.3) is 11.5 Å². The van der Waals surface area contributed by atoms with Crippen LogP contribution in [0.2, 0.25) is 0 Å². The molecule has 2 amide bonds. The van der Waals surface area contributed by atoms with E-state index in [1.165, 1.54) is 24.4 Å². The van der Waals surface area contributed by atoms with Crippen molar-refractivity contribution in [3.63, 3.8) is 0 Å². The molecule has 12 heteroatoms. The fourth-order valence-corrected chi connectivity index (χ4v) is 3.86. The van der Waals surface area contributed by atoms with E-state index in [0.29, 0.717) is 37.3 Å². The normalized spacial score (nSPS) is 14.7. The van der Waals surface area contributed by atoms with Crippen LogP contribution in [0.5, 0.6) is 0 Å². The number of hydrogen-bond donors (Lipinski definition) is 2. The number of anilines is 2. The number of rotatable bonds is 5. The third-order valence-electron chi connectivity index (χ3n) is 5.64. The largest absolute Gasteiger partial charge is 0.452 e. The van der Waals surface area contributed by atoms with E-state index in [1.807, 2.05) is 20.8 Å². The van der Waals surface area contributed by atoms with E-state index in [9.17, 15) is 22.8 Å². The first kappa shape index (κ1) is 27.0. The van der Waals surface area contributed by atoms with Gasteiger partial charge in [0, 0.05) is 24.7 Å². The molecular formula is C26H28F3N5O4. The summed E-state index contributed by atoms with van der Waals surface area (Å²) in [6.45, 7) is 6.52. The number of aromatic nitrogens is 2. The maximum Gasteiger partial charge on any atom is 0.452 e. The minimum absolute atomic E-state index is 0.0718. The Bertz CT molecular complexity index is 1260. The van der Waals surface area contributed by atoms with Crippen LogP contribution in [-0.4, -0.2) is 51.6 Å². The summed E-state index contributed by atoms with van der Waals surface area (Å²) in [5, 5.41) is 5.67. The molecule has 202 valence electrons. The topological polar surface area (TPSA) is 110 Å². The van der Waals surface area contributed by atoms with Crippen molar-refractivity contribution in [3.05, 3.63) is 60.1 Å². The summed E-state index contributed by atoms with van der Waals surface area (Å²) in [5.74, 6) is -2.32. The van der Waals surface area contributed by atoms with Crippen LogP contribution < -0.4 is 10.6 Å². The Hall–Kier alpha value is -4.09. The van der Waals surface area contributed by atoms with Crippen molar-refractivity contribution >= 4 is 23.5 Å². The number of alkyl halides is 3. The van der Waals surface area contributed by atoms with Gasteiger partial charge in [-0.3, -0.25) is 4.79 Å². The lowest BCUT2D eigenvalue weighted by Gasteiger charge is -2.33. The summed E-state index contributed by atoms with van der Waals surface area (Å²) in [6, 6.07) is 11.2. The smallest absolute Gasteiger partial charge is 0.444 e. The Balaban J connectivity index is 1.36. The van der Waals surface area contributed by atoms with Crippen LogP contribution in [0, 0.1) is 0 Å². The molecule has 0 spiro atoms. The number of oxazole rings is 1. The van der Waals surface area contributed by atoms with Crippen molar-refractivity contribution in [2.45, 2.75) is 51.4 Å². The number of halogens is 3. The first-order valence-corrected chi connectivity index (χ1v) is 12.0. The molecule has 1 saturated heterocycles. The predicted molar refractivity (Wildman–Crippen MR) is 134 cm³/mol. The summed E-state index contributed by atoms with van der Waals surface area (Å²) < 4.78 is 50.9. The molecule has 1 fully saturated rings. The van der Waals surface area contributed by atoms with Crippen LogP contribution in [0.4, 0.5) is 29.5 Å². The zero-order chi connectivity index (χ0) is 27.5. The fraction of sp³-hybridized carbons (Fsp3) is 0.385. The zero-order valence-electron chi connectivity index (χ0n) is 21.1. The lowest BCUT2D eigenvalue weighted by Crippen LogP contribution is -2.44. The molecule has 1 aromatic carbocycles. The average molecular weight is 532 g/mol. The van der Waals surface area contributed by atoms with Gasteiger partial charge in [-0.05, 0) is 57.9 Å². The number of pyridine rings is 1. The first-order chi connectivity index (χ1) is 17.9. The lowest BCUT2D eigenvalue weighted by molar-refractivity contribution is -0.153. The highest BCUT2D eigenvalue weighted by Gasteiger charge is 2.42. The fourth-order valence-electron chi connectivity index (χ4n) is 3.86. The van der Waals surface area contributed by atoms with Gasteiger partial charge in [0.05, 0.1) is 11.9 Å². The highest BCUT2D eigenvalue weighted by molar-refractivity contribution is 6.04. The van der Waals surface area contributed by atoms with E-state index in [0.717, 1.165) is 0 Å². The van der Waals surface area contributed by atoms with Gasteiger partial charge in [0.25, 0.3) is 5.91 Å². The minimum atomic E-state index is -4.90. The summed E-state index contributed by atoms with van der Waals surface area (Å²) >= 11 is 0. The van der Waals surface area contributed by atoms with Crippen LogP contribution in [-0.2, 0) is 10.9 Å². The molecule has 0 atom stereocenters. The monoisotopic (exact) mass is 531 g/mol. The zero-order valence-corrected chi connectivity index (χ0v) is 21.1. The molecule has 3 aromatic rings. The van der Waals surface area contributed by atoms with E-state index in [4.69, 9.17) is 9.15 Å². The number of likely N-dealkylation sites (tertiary alicyclic amines) is 1. The molecule has 1 aliphatic heterocycles. The summed E-state index contributed by atoms with van der Waals surface area (Å²) in [4.78, 5) is 34.6. The van der Waals surface area contributed by atoms with Crippen LogP contribution in [0.1, 0.15) is 49.9 Å². The van der Waals surface area contributed by atoms with Gasteiger partial charge in [0.15, 0.2) is 5.69 Å². The first-order valence-electron chi connectivity index (χ1n) is 12.0. The van der Waals surface area contributed by atoms with Crippen molar-refractivity contribution in [1.82, 2.24) is 14.9 Å². The molecule has 0 bridgehead atoms. The number of nitrogens with zero attached hydrogens (tertiary/aromatic N) is 3. The second-order valence-electron chi connectivity index (χ2n) is 9.83. The molecule has 3 heterocycles. The van der Waals surface area contributed by atoms with Gasteiger partial charge in [-0.15, -0.1) is 0 Å². The Morgan fingerprint density at radius 3 is 2.32 bits per heavy atom. The summed E-state index contributed by atoms with van der Waals surface area (Å²) in [7, 11) is 0. The molecule has 0 radical (unpaired) electrons. The Morgan fingerprint density at radius 1 is 1.05 bits per heavy atom. The van der Waals surface area contributed by atoms with E-state index in [2.05, 4.69) is 20.6 Å². The molecule has 2 aromatic heterocycles. The van der Waals surface area contributed by atoms with Crippen LogP contribution in [0.15, 0.2) is 53.1 Å². The number of carbonyl (C=O) groups excluding carboxylic acids is 2. The molecule has 38 heavy (non-hydrogen) atoms. The second kappa shape index (κ2) is 10.7. The third-order valence-corrected chi connectivity index (χ3v) is 5.64. The third kappa shape index (κ3) is 6.81. The van der Waals surface area contributed by atoms with Gasteiger partial charge < -0.3 is 24.7 Å². The molecule has 2 N–H and O–H groups in total. The van der Waals surface area contributed by atoms with Crippen molar-refractivity contribution in [3.8, 4) is 11.5 Å². The van der Waals surface area contributed by atoms with Gasteiger partial charge in [0.2, 0.25) is 11.7 Å². The van der Waals surface area contributed by atoms with Gasteiger partial charge in [0.1, 0.15) is 11.4 Å². The molecule has 0 unspecified atom stereocenters. The standard InChI is InChI=1S/C26H28F3N5O4/c1-25(2,3)38-24(36)34-13-11-17(12-14-34)31-19-10-9-18(15-30-19)32-22(35)20-21(26(27,28)29)37-23(33-20)16-7-5-4-6-8-16/h4-10,15,17H,11-14H2,1-3H3,(H,30,31)(H,32,35). The SMILES string of the molecule is CC(C)(C)OC(=O)N1CCC(Nc2ccc(NC(=O)c3nc(-c4ccccc4)oc3C(F)(F)F)cn2)CC1. The Kier molecular flexibility index (Phi) is 7.61. The van der Waals surface area contributed by atoms with Gasteiger partial charge >= 0.3 is 12.3 Å². The Labute approximate surface area is 217 Å². The highest BCUT2D eigenvalue weighted by Crippen LogP contribution is 2.35. The summed E-state index contributed by atoms with van der Waals surface area (Å²) in [6.07, 6.45) is -2.53. The molecule has 4 rings (SSSR count). The van der Waals surface area contributed by atoms with Gasteiger partial charge in [-0.25, -0.2) is 14.8 Å². The van der Waals surface area contributed by atoms with E-state index in [-0.39, 0.29) is 23.7 Å². The average Bonchev–Trinajstić information content (AvgIpc) is 3.32. The minimum Gasteiger partial charge on any atom is -0.444 e. The van der Waals surface area contributed by atoms with Crippen molar-refractivity contribution < 1.29 is 31.9 Å². The van der Waals surface area contributed by atoms with Gasteiger partial charge in [-0.1, -0.05) is 18.2 Å². The molecular weight excluding hydrogens is 503 g/mol. The number of piperidine rings is 1. The van der Waals surface area contributed by atoms with Gasteiger partial charge in [-0.2, -0.15) is 13.2 Å². The van der Waals surface area contributed by atoms with Crippen molar-refractivity contribution in [2.75, 3.05) is 23.7 Å². The highest BCUT2D eigenvalue weighted by atomic mass is 19.4. The van der Waals surface area contributed by atoms with E-state index in [1.54, 1.807) is 29.2 Å². The molecule has 0 saturated carbocycles. The maximum absolute atomic E-state index is 13.5.